The molecule has 168 valence electrons. The van der Waals surface area contributed by atoms with Crippen LogP contribution in [0.2, 0.25) is 0 Å². The quantitative estimate of drug-likeness (QED) is 0.203. The fraction of sp³-hybridized carbons (Fsp3) is 0.769. The summed E-state index contributed by atoms with van der Waals surface area (Å²) in [4.78, 5) is 0. The number of unbranched alkanes of at least 4 members (excludes halogenated alkanes) is 5. The predicted molar refractivity (Wildman–Crippen MR) is 123 cm³/mol. The summed E-state index contributed by atoms with van der Waals surface area (Å²) in [7, 11) is 0. The van der Waals surface area contributed by atoms with E-state index in [-0.39, 0.29) is 5.92 Å². The molecule has 0 saturated heterocycles. The van der Waals surface area contributed by atoms with E-state index in [1.165, 1.54) is 38.5 Å². The van der Waals surface area contributed by atoms with Gasteiger partial charge < -0.3 is 14.6 Å². The van der Waals surface area contributed by atoms with Crippen molar-refractivity contribution in [2.24, 2.45) is 5.92 Å². The van der Waals surface area contributed by atoms with Gasteiger partial charge >= 0.3 is 0 Å². The lowest BCUT2D eigenvalue weighted by Crippen LogP contribution is -2.49. The van der Waals surface area contributed by atoms with Gasteiger partial charge in [-0.25, -0.2) is 0 Å². The summed E-state index contributed by atoms with van der Waals surface area (Å²) in [6, 6.07) is 9.91. The smallest absolute Gasteiger partial charge is 0.201 e. The van der Waals surface area contributed by atoms with Crippen LogP contribution in [0, 0.1) is 5.92 Å². The fourth-order valence-electron chi connectivity index (χ4n) is 4.12. The highest BCUT2D eigenvalue weighted by molar-refractivity contribution is 5.20. The molecule has 0 radical (unpaired) electrons. The minimum absolute atomic E-state index is 0.187. The summed E-state index contributed by atoms with van der Waals surface area (Å²) in [6.45, 7) is 9.90. The third-order valence-corrected chi connectivity index (χ3v) is 5.67. The molecule has 3 nitrogen and oxygen atoms in total. The Hall–Kier alpha value is -0.900. The summed E-state index contributed by atoms with van der Waals surface area (Å²) in [5, 5.41) is 11.5. The van der Waals surface area contributed by atoms with Crippen LogP contribution in [-0.4, -0.2) is 24.1 Å². The lowest BCUT2D eigenvalue weighted by Gasteiger charge is -2.44. The Kier molecular flexibility index (Phi) is 14.3. The molecule has 0 aliphatic heterocycles. The zero-order valence-corrected chi connectivity index (χ0v) is 19.5. The van der Waals surface area contributed by atoms with E-state index in [0.717, 1.165) is 37.7 Å². The highest BCUT2D eigenvalue weighted by atomic mass is 16.7. The van der Waals surface area contributed by atoms with Crippen LogP contribution in [0.5, 0.6) is 0 Å². The Morgan fingerprint density at radius 3 is 1.86 bits per heavy atom. The summed E-state index contributed by atoms with van der Waals surface area (Å²) in [6.07, 6.45) is 11.8. The molecule has 0 aliphatic rings. The topological polar surface area (TPSA) is 38.7 Å². The average molecular weight is 407 g/mol. The monoisotopic (exact) mass is 406 g/mol. The molecule has 0 fully saturated rings. The zero-order valence-electron chi connectivity index (χ0n) is 19.5. The molecule has 0 spiro atoms. The van der Waals surface area contributed by atoms with Crippen LogP contribution >= 0.6 is 0 Å². The summed E-state index contributed by atoms with van der Waals surface area (Å²) < 4.78 is 12.9. The third-order valence-electron chi connectivity index (χ3n) is 5.67. The Balaban J connectivity index is 3.06. The minimum Gasteiger partial charge on any atom is -0.383 e. The molecule has 0 heterocycles. The Labute approximate surface area is 180 Å². The van der Waals surface area contributed by atoms with Crippen molar-refractivity contribution in [1.29, 1.82) is 0 Å². The maximum atomic E-state index is 11.5. The van der Waals surface area contributed by atoms with Gasteiger partial charge in [-0.05, 0) is 31.2 Å². The van der Waals surface area contributed by atoms with E-state index in [0.29, 0.717) is 13.2 Å². The van der Waals surface area contributed by atoms with Crippen molar-refractivity contribution in [2.75, 3.05) is 13.2 Å². The second-order valence-corrected chi connectivity index (χ2v) is 8.27. The number of aliphatic hydroxyl groups excluding tert-OH is 1. The van der Waals surface area contributed by atoms with Crippen molar-refractivity contribution in [3.05, 3.63) is 35.9 Å². The van der Waals surface area contributed by atoms with Gasteiger partial charge in [-0.15, -0.1) is 0 Å². The summed E-state index contributed by atoms with van der Waals surface area (Å²) >= 11 is 0. The molecule has 1 aromatic carbocycles. The Bertz CT molecular complexity index is 480. The molecule has 0 saturated carbocycles. The molecule has 0 aromatic heterocycles. The maximum Gasteiger partial charge on any atom is 0.201 e. The maximum absolute atomic E-state index is 11.5. The molecule has 1 rings (SSSR count). The summed E-state index contributed by atoms with van der Waals surface area (Å²) in [5.41, 5.74) is 0.878. The molecule has 29 heavy (non-hydrogen) atoms. The number of ether oxygens (including phenoxy) is 2. The second kappa shape index (κ2) is 15.9. The van der Waals surface area contributed by atoms with E-state index < -0.39 is 11.9 Å². The van der Waals surface area contributed by atoms with Crippen molar-refractivity contribution in [3.63, 3.8) is 0 Å². The first-order valence-electron chi connectivity index (χ1n) is 12.2. The van der Waals surface area contributed by atoms with E-state index in [9.17, 15) is 5.11 Å². The molecular weight excluding hydrogens is 360 g/mol. The molecule has 0 bridgehead atoms. The van der Waals surface area contributed by atoms with Gasteiger partial charge in [0.1, 0.15) is 6.10 Å². The standard InChI is InChI=1S/C26H46O3/c1-5-9-10-11-12-16-20-24(17-6-2)26(28-21-7-3,29-22-8-4)25(27)23-18-14-13-15-19-23/h13-15,18-19,24-25,27H,5-12,16-17,20-22H2,1-4H3. The van der Waals surface area contributed by atoms with Crippen molar-refractivity contribution >= 4 is 0 Å². The van der Waals surface area contributed by atoms with E-state index in [1.807, 2.05) is 30.3 Å². The molecule has 0 amide bonds. The number of hydrogen-bond donors (Lipinski definition) is 1. The highest BCUT2D eigenvalue weighted by Gasteiger charge is 2.47. The lowest BCUT2D eigenvalue weighted by molar-refractivity contribution is -0.315. The first kappa shape index (κ1) is 26.1. The molecule has 1 N–H and O–H groups in total. The van der Waals surface area contributed by atoms with Gasteiger partial charge in [0.05, 0.1) is 0 Å². The molecular formula is C26H46O3. The number of rotatable bonds is 18. The van der Waals surface area contributed by atoms with Crippen molar-refractivity contribution in [2.45, 2.75) is 110 Å². The van der Waals surface area contributed by atoms with Gasteiger partial charge in [0.15, 0.2) is 0 Å². The van der Waals surface area contributed by atoms with Crippen LogP contribution in [0.4, 0.5) is 0 Å². The average Bonchev–Trinajstić information content (AvgIpc) is 2.76. The molecule has 0 aliphatic carbocycles. The van der Waals surface area contributed by atoms with Crippen LogP contribution in [0.25, 0.3) is 0 Å². The van der Waals surface area contributed by atoms with Gasteiger partial charge in [0, 0.05) is 19.1 Å². The zero-order chi connectivity index (χ0) is 21.4. The lowest BCUT2D eigenvalue weighted by atomic mass is 9.82. The third kappa shape index (κ3) is 8.78. The normalized spacial score (nSPS) is 14.1. The minimum atomic E-state index is -0.965. The van der Waals surface area contributed by atoms with Gasteiger partial charge in [-0.2, -0.15) is 0 Å². The highest BCUT2D eigenvalue weighted by Crippen LogP contribution is 2.42. The Morgan fingerprint density at radius 1 is 0.724 bits per heavy atom. The molecule has 3 heteroatoms. The second-order valence-electron chi connectivity index (χ2n) is 8.27. The first-order valence-corrected chi connectivity index (χ1v) is 12.2. The van der Waals surface area contributed by atoms with Gasteiger partial charge in [0.2, 0.25) is 5.79 Å². The van der Waals surface area contributed by atoms with Crippen LogP contribution in [0.15, 0.2) is 30.3 Å². The van der Waals surface area contributed by atoms with Crippen LogP contribution in [-0.2, 0) is 9.47 Å². The largest absolute Gasteiger partial charge is 0.383 e. The van der Waals surface area contributed by atoms with E-state index >= 15 is 0 Å². The van der Waals surface area contributed by atoms with Crippen LogP contribution in [0.1, 0.15) is 110 Å². The van der Waals surface area contributed by atoms with Gasteiger partial charge in [0.25, 0.3) is 0 Å². The van der Waals surface area contributed by atoms with Crippen LogP contribution in [0.3, 0.4) is 0 Å². The van der Waals surface area contributed by atoms with Gasteiger partial charge in [-0.1, -0.05) is 103 Å². The van der Waals surface area contributed by atoms with Gasteiger partial charge in [-0.3, -0.25) is 0 Å². The van der Waals surface area contributed by atoms with Crippen LogP contribution < -0.4 is 0 Å². The van der Waals surface area contributed by atoms with E-state index in [2.05, 4.69) is 27.7 Å². The predicted octanol–water partition coefficient (Wildman–Crippen LogP) is 7.44. The van der Waals surface area contributed by atoms with E-state index in [4.69, 9.17) is 9.47 Å². The fourth-order valence-corrected chi connectivity index (χ4v) is 4.12. The number of benzene rings is 1. The Morgan fingerprint density at radius 2 is 1.31 bits per heavy atom. The molecule has 2 unspecified atom stereocenters. The van der Waals surface area contributed by atoms with Crippen molar-refractivity contribution in [1.82, 2.24) is 0 Å². The molecule has 1 aromatic rings. The SMILES string of the molecule is CCCCCCCCC(CCC)C(OCCC)(OCCC)C(O)c1ccccc1. The number of hydrogen-bond acceptors (Lipinski definition) is 3. The summed E-state index contributed by atoms with van der Waals surface area (Å²) in [5.74, 6) is -0.778. The molecule has 2 atom stereocenters. The van der Waals surface area contributed by atoms with Crippen molar-refractivity contribution in [3.8, 4) is 0 Å². The van der Waals surface area contributed by atoms with Crippen molar-refractivity contribution < 1.29 is 14.6 Å². The first-order chi connectivity index (χ1) is 14.2. The number of aliphatic hydroxyl groups is 1. The van der Waals surface area contributed by atoms with E-state index in [1.54, 1.807) is 0 Å².